The van der Waals surface area contributed by atoms with E-state index in [4.69, 9.17) is 4.74 Å². The van der Waals surface area contributed by atoms with E-state index in [1.807, 2.05) is 0 Å². The van der Waals surface area contributed by atoms with Crippen LogP contribution in [0.1, 0.15) is 46.5 Å². The molecular formula is C17H29NO2. The van der Waals surface area contributed by atoms with E-state index in [9.17, 15) is 4.79 Å². The fraction of sp³-hybridized carbons (Fsp3) is 0.824. The van der Waals surface area contributed by atoms with Crippen molar-refractivity contribution in [1.82, 2.24) is 4.90 Å². The minimum Gasteiger partial charge on any atom is -0.464 e. The zero-order chi connectivity index (χ0) is 14.5. The van der Waals surface area contributed by atoms with E-state index in [1.165, 1.54) is 24.8 Å². The second-order valence-corrected chi connectivity index (χ2v) is 6.74. The maximum absolute atomic E-state index is 12.0. The summed E-state index contributed by atoms with van der Waals surface area (Å²) in [6.07, 6.45) is 7.21. The monoisotopic (exact) mass is 279 g/mol. The largest absolute Gasteiger partial charge is 0.464 e. The molecule has 0 aromatic carbocycles. The minimum atomic E-state index is -0.0439. The number of carbonyl (C=O) groups excluding carboxylic acids is 1. The van der Waals surface area contributed by atoms with Crippen molar-refractivity contribution in [3.63, 3.8) is 0 Å². The van der Waals surface area contributed by atoms with Crippen molar-refractivity contribution in [2.45, 2.75) is 46.5 Å². The Balaban J connectivity index is 1.75. The van der Waals surface area contributed by atoms with Crippen LogP contribution in [0.2, 0.25) is 0 Å². The van der Waals surface area contributed by atoms with Crippen LogP contribution < -0.4 is 0 Å². The Morgan fingerprint density at radius 3 is 2.65 bits per heavy atom. The van der Waals surface area contributed by atoms with Crippen LogP contribution in [0.3, 0.4) is 0 Å². The molecule has 1 fully saturated rings. The van der Waals surface area contributed by atoms with Crippen molar-refractivity contribution in [1.29, 1.82) is 0 Å². The number of rotatable bonds is 4. The average molecular weight is 279 g/mol. The average Bonchev–Trinajstić information content (AvgIpc) is 2.38. The second kappa shape index (κ2) is 7.26. The third-order valence-electron chi connectivity index (χ3n) is 4.84. The first-order chi connectivity index (χ1) is 9.56. The molecule has 0 unspecified atom stereocenters. The molecule has 3 atom stereocenters. The van der Waals surface area contributed by atoms with Crippen molar-refractivity contribution in [3.8, 4) is 0 Å². The number of esters is 1. The molecule has 114 valence electrons. The Morgan fingerprint density at radius 1 is 1.30 bits per heavy atom. The lowest BCUT2D eigenvalue weighted by atomic mass is 9.75. The molecule has 0 spiro atoms. The van der Waals surface area contributed by atoms with Gasteiger partial charge in [-0.05, 0) is 51.1 Å². The molecule has 0 amide bonds. The van der Waals surface area contributed by atoms with E-state index >= 15 is 0 Å². The summed E-state index contributed by atoms with van der Waals surface area (Å²) >= 11 is 0. The van der Waals surface area contributed by atoms with Gasteiger partial charge >= 0.3 is 5.97 Å². The second-order valence-electron chi connectivity index (χ2n) is 6.74. The Kier molecular flexibility index (Phi) is 5.64. The highest BCUT2D eigenvalue weighted by Gasteiger charge is 2.28. The van der Waals surface area contributed by atoms with E-state index in [1.54, 1.807) is 0 Å². The predicted molar refractivity (Wildman–Crippen MR) is 81.4 cm³/mol. The third-order valence-corrected chi connectivity index (χ3v) is 4.84. The molecule has 0 saturated carbocycles. The third kappa shape index (κ3) is 4.34. The van der Waals surface area contributed by atoms with Gasteiger partial charge in [-0.3, -0.25) is 9.69 Å². The number of allylic oxidation sites excluding steroid dienone is 2. The van der Waals surface area contributed by atoms with Crippen molar-refractivity contribution in [2.24, 2.45) is 17.8 Å². The van der Waals surface area contributed by atoms with Crippen LogP contribution in [0.5, 0.6) is 0 Å². The van der Waals surface area contributed by atoms with Crippen molar-refractivity contribution >= 4 is 5.97 Å². The lowest BCUT2D eigenvalue weighted by Gasteiger charge is -2.33. The molecule has 1 saturated heterocycles. The predicted octanol–water partition coefficient (Wildman–Crippen LogP) is 3.25. The molecule has 1 aliphatic heterocycles. The molecule has 0 aromatic rings. The molecular weight excluding hydrogens is 250 g/mol. The molecule has 0 aromatic heterocycles. The summed E-state index contributed by atoms with van der Waals surface area (Å²) in [5.74, 6) is 1.56. The number of likely N-dealkylation sites (tertiary alicyclic amines) is 1. The summed E-state index contributed by atoms with van der Waals surface area (Å²) < 4.78 is 5.55. The van der Waals surface area contributed by atoms with Gasteiger partial charge in [0.15, 0.2) is 0 Å². The summed E-state index contributed by atoms with van der Waals surface area (Å²) in [4.78, 5) is 14.2. The van der Waals surface area contributed by atoms with Crippen LogP contribution in [0, 0.1) is 17.8 Å². The molecule has 0 bridgehead atoms. The number of carbonyl (C=O) groups is 1. The van der Waals surface area contributed by atoms with E-state index in [2.05, 4.69) is 31.7 Å². The van der Waals surface area contributed by atoms with E-state index in [0.717, 1.165) is 19.5 Å². The first kappa shape index (κ1) is 15.6. The summed E-state index contributed by atoms with van der Waals surface area (Å²) in [5.41, 5.74) is 1.47. The summed E-state index contributed by atoms with van der Waals surface area (Å²) in [7, 11) is 0. The molecule has 2 rings (SSSR count). The minimum absolute atomic E-state index is 0.0439. The topological polar surface area (TPSA) is 29.5 Å². The van der Waals surface area contributed by atoms with Crippen LogP contribution >= 0.6 is 0 Å². The summed E-state index contributed by atoms with van der Waals surface area (Å²) in [5, 5.41) is 0. The van der Waals surface area contributed by atoms with E-state index in [-0.39, 0.29) is 5.97 Å². The maximum Gasteiger partial charge on any atom is 0.320 e. The standard InChI is InChI=1S/C17H29NO2/c1-13-9-14(2)16(15(3)10-13)12-20-17(19)11-18-7-5-4-6-8-18/h9,14-16H,4-8,10-12H2,1-3H3/t14-,15-,16+/m1/s1. The quantitative estimate of drug-likeness (QED) is 0.584. The Bertz CT molecular complexity index is 358. The van der Waals surface area contributed by atoms with Crippen LogP contribution in [-0.4, -0.2) is 37.1 Å². The first-order valence-electron chi connectivity index (χ1n) is 8.11. The van der Waals surface area contributed by atoms with Gasteiger partial charge in [-0.15, -0.1) is 0 Å². The van der Waals surface area contributed by atoms with Gasteiger partial charge < -0.3 is 4.74 Å². The maximum atomic E-state index is 12.0. The van der Waals surface area contributed by atoms with Crippen LogP contribution in [0.25, 0.3) is 0 Å². The number of hydrogen-bond acceptors (Lipinski definition) is 3. The molecule has 3 heteroatoms. The zero-order valence-electron chi connectivity index (χ0n) is 13.2. The number of nitrogens with zero attached hydrogens (tertiary/aromatic N) is 1. The van der Waals surface area contributed by atoms with Crippen molar-refractivity contribution in [2.75, 3.05) is 26.2 Å². The molecule has 3 nitrogen and oxygen atoms in total. The van der Waals surface area contributed by atoms with Gasteiger partial charge in [0.1, 0.15) is 0 Å². The fourth-order valence-electron chi connectivity index (χ4n) is 3.67. The highest BCUT2D eigenvalue weighted by atomic mass is 16.5. The van der Waals surface area contributed by atoms with Gasteiger partial charge in [0.2, 0.25) is 0 Å². The lowest BCUT2D eigenvalue weighted by Crippen LogP contribution is -2.36. The SMILES string of the molecule is CC1=C[C@@H](C)[C@H](COC(=O)CN2CCCCC2)[C@H](C)C1. The van der Waals surface area contributed by atoms with Crippen LogP contribution in [-0.2, 0) is 9.53 Å². The normalized spacial score (nSPS) is 31.8. The van der Waals surface area contributed by atoms with Crippen molar-refractivity contribution < 1.29 is 9.53 Å². The molecule has 20 heavy (non-hydrogen) atoms. The molecule has 0 N–H and O–H groups in total. The number of ether oxygens (including phenoxy) is 1. The van der Waals surface area contributed by atoms with Crippen LogP contribution in [0.4, 0.5) is 0 Å². The van der Waals surface area contributed by atoms with Gasteiger partial charge in [0, 0.05) is 5.92 Å². The molecule has 0 radical (unpaired) electrons. The van der Waals surface area contributed by atoms with Gasteiger partial charge in [-0.2, -0.15) is 0 Å². The Morgan fingerprint density at radius 2 is 2.00 bits per heavy atom. The Labute approximate surface area is 123 Å². The van der Waals surface area contributed by atoms with E-state index in [0.29, 0.717) is 30.9 Å². The first-order valence-corrected chi connectivity index (χ1v) is 8.11. The molecule has 1 aliphatic carbocycles. The van der Waals surface area contributed by atoms with E-state index < -0.39 is 0 Å². The highest BCUT2D eigenvalue weighted by Crippen LogP contribution is 2.33. The van der Waals surface area contributed by atoms with Gasteiger partial charge in [0.25, 0.3) is 0 Å². The van der Waals surface area contributed by atoms with Crippen molar-refractivity contribution in [3.05, 3.63) is 11.6 Å². The Hall–Kier alpha value is -0.830. The molecule has 1 heterocycles. The zero-order valence-corrected chi connectivity index (χ0v) is 13.2. The summed E-state index contributed by atoms with van der Waals surface area (Å²) in [6, 6.07) is 0. The summed E-state index contributed by atoms with van der Waals surface area (Å²) in [6.45, 7) is 9.87. The molecule has 2 aliphatic rings. The van der Waals surface area contributed by atoms with Gasteiger partial charge in [-0.1, -0.05) is 31.9 Å². The van der Waals surface area contributed by atoms with Crippen LogP contribution in [0.15, 0.2) is 11.6 Å². The number of piperidine rings is 1. The fourth-order valence-corrected chi connectivity index (χ4v) is 3.67. The lowest BCUT2D eigenvalue weighted by molar-refractivity contribution is -0.147. The number of hydrogen-bond donors (Lipinski definition) is 0. The van der Waals surface area contributed by atoms with Gasteiger partial charge in [-0.25, -0.2) is 0 Å². The van der Waals surface area contributed by atoms with Gasteiger partial charge in [0.05, 0.1) is 13.2 Å². The highest BCUT2D eigenvalue weighted by molar-refractivity contribution is 5.71. The smallest absolute Gasteiger partial charge is 0.320 e.